The van der Waals surface area contributed by atoms with Crippen LogP contribution in [0.5, 0.6) is 0 Å². The molecule has 7 nitrogen and oxygen atoms in total. The maximum Gasteiger partial charge on any atom is 0.328 e. The van der Waals surface area contributed by atoms with Crippen LogP contribution in [0.2, 0.25) is 0 Å². The maximum absolute atomic E-state index is 11.5. The van der Waals surface area contributed by atoms with Crippen molar-refractivity contribution in [2.75, 3.05) is 13.2 Å². The van der Waals surface area contributed by atoms with Crippen molar-refractivity contribution in [3.63, 3.8) is 0 Å². The number of hydrogen-bond donors (Lipinski definition) is 4. The number of aliphatic hydroxyl groups excluding tert-OH is 1. The van der Waals surface area contributed by atoms with Gasteiger partial charge in [-0.25, -0.2) is 4.79 Å². The summed E-state index contributed by atoms with van der Waals surface area (Å²) in [5.41, 5.74) is 0.518. The summed E-state index contributed by atoms with van der Waals surface area (Å²) in [6.45, 7) is -0.583. The number of aliphatic carboxylic acids is 1. The van der Waals surface area contributed by atoms with Gasteiger partial charge in [-0.1, -0.05) is 0 Å². The molecule has 1 aromatic rings. The Bertz CT molecular complexity index is 446. The Kier molecular flexibility index (Phi) is 5.97. The molecule has 4 N–H and O–H groups in total. The average molecular weight is 286 g/mol. The summed E-state index contributed by atoms with van der Waals surface area (Å²) >= 11 is 1.39. The van der Waals surface area contributed by atoms with Crippen LogP contribution in [0, 0.1) is 0 Å². The normalized spacial score (nSPS) is 11.6. The van der Waals surface area contributed by atoms with Gasteiger partial charge in [0, 0.05) is 23.9 Å². The summed E-state index contributed by atoms with van der Waals surface area (Å²) in [6.07, 6.45) is -0.0559. The lowest BCUT2D eigenvalue weighted by molar-refractivity contribution is -0.142. The van der Waals surface area contributed by atoms with Gasteiger partial charge in [0.1, 0.15) is 6.04 Å². The molecule has 1 heterocycles. The van der Waals surface area contributed by atoms with Crippen molar-refractivity contribution in [1.82, 2.24) is 10.6 Å². The number of rotatable bonds is 7. The second kappa shape index (κ2) is 7.49. The maximum atomic E-state index is 11.5. The highest BCUT2D eigenvalue weighted by molar-refractivity contribution is 7.08. The molecule has 0 saturated carbocycles. The molecule has 1 atom stereocenters. The van der Waals surface area contributed by atoms with E-state index in [0.717, 1.165) is 0 Å². The van der Waals surface area contributed by atoms with Crippen LogP contribution in [-0.4, -0.2) is 47.2 Å². The topological polar surface area (TPSA) is 116 Å². The molecule has 8 heteroatoms. The number of thiophene rings is 1. The molecule has 0 aromatic carbocycles. The molecular weight excluding hydrogens is 272 g/mol. The van der Waals surface area contributed by atoms with Crippen LogP contribution in [0.25, 0.3) is 0 Å². The monoisotopic (exact) mass is 286 g/mol. The van der Waals surface area contributed by atoms with E-state index in [-0.39, 0.29) is 18.9 Å². The Hall–Kier alpha value is -1.93. The Balaban J connectivity index is 2.27. The van der Waals surface area contributed by atoms with E-state index >= 15 is 0 Å². The Morgan fingerprint density at radius 3 is 2.63 bits per heavy atom. The number of carbonyl (C=O) groups excluding carboxylic acids is 2. The van der Waals surface area contributed by atoms with Crippen LogP contribution >= 0.6 is 11.3 Å². The second-order valence-corrected chi connectivity index (χ2v) is 4.44. The third-order valence-corrected chi connectivity index (χ3v) is 2.92. The number of carbonyl (C=O) groups is 3. The number of hydrogen-bond acceptors (Lipinski definition) is 5. The van der Waals surface area contributed by atoms with Crippen molar-refractivity contribution in [3.05, 3.63) is 22.4 Å². The number of carboxylic acids is 1. The number of aliphatic hydroxyl groups is 1. The first-order valence-corrected chi connectivity index (χ1v) is 6.42. The first-order chi connectivity index (χ1) is 9.04. The molecule has 2 amide bonds. The van der Waals surface area contributed by atoms with Gasteiger partial charge < -0.3 is 20.8 Å². The summed E-state index contributed by atoms with van der Waals surface area (Å²) in [7, 11) is 0. The molecule has 0 radical (unpaired) electrons. The highest BCUT2D eigenvalue weighted by Gasteiger charge is 2.18. The molecule has 0 spiro atoms. The molecule has 0 aliphatic rings. The summed E-state index contributed by atoms with van der Waals surface area (Å²) in [5, 5.41) is 25.5. The van der Waals surface area contributed by atoms with Gasteiger partial charge in [0.15, 0.2) is 0 Å². The van der Waals surface area contributed by atoms with E-state index in [2.05, 4.69) is 10.6 Å². The summed E-state index contributed by atoms with van der Waals surface area (Å²) in [4.78, 5) is 33.4. The van der Waals surface area contributed by atoms with Gasteiger partial charge in [-0.15, -0.1) is 0 Å². The van der Waals surface area contributed by atoms with Crippen molar-refractivity contribution >= 4 is 29.1 Å². The van der Waals surface area contributed by atoms with Gasteiger partial charge in [0.05, 0.1) is 6.61 Å². The number of nitrogens with one attached hydrogen (secondary N) is 2. The summed E-state index contributed by atoms with van der Waals surface area (Å²) in [6, 6.07) is 0.340. The molecule has 104 valence electrons. The van der Waals surface area contributed by atoms with Crippen LogP contribution < -0.4 is 10.6 Å². The van der Waals surface area contributed by atoms with E-state index in [1.165, 1.54) is 11.3 Å². The molecule has 0 aliphatic heterocycles. The van der Waals surface area contributed by atoms with Gasteiger partial charge in [-0.2, -0.15) is 11.3 Å². The molecule has 0 bridgehead atoms. The summed E-state index contributed by atoms with van der Waals surface area (Å²) < 4.78 is 0. The van der Waals surface area contributed by atoms with Crippen molar-refractivity contribution < 1.29 is 24.6 Å². The highest BCUT2D eigenvalue weighted by atomic mass is 32.1. The zero-order valence-electron chi connectivity index (χ0n) is 9.96. The summed E-state index contributed by atoms with van der Waals surface area (Å²) in [5.74, 6) is -2.14. The van der Waals surface area contributed by atoms with Crippen LogP contribution in [-0.2, 0) is 9.59 Å². The quantitative estimate of drug-likeness (QED) is 0.536. The van der Waals surface area contributed by atoms with Gasteiger partial charge in [0.25, 0.3) is 5.91 Å². The zero-order chi connectivity index (χ0) is 14.3. The standard InChI is InChI=1S/C11H14N2O5S/c14-5-8(11(17)18)13-9(15)1-3-12-10(16)7-2-4-19-6-7/h2,4,6,8,14H,1,3,5H2,(H,12,16)(H,13,15)(H,17,18)/t8-/m0/s1. The lowest BCUT2D eigenvalue weighted by Crippen LogP contribution is -2.44. The van der Waals surface area contributed by atoms with E-state index in [1.807, 2.05) is 0 Å². The first-order valence-electron chi connectivity index (χ1n) is 5.48. The van der Waals surface area contributed by atoms with Crippen LogP contribution in [0.1, 0.15) is 16.8 Å². The minimum Gasteiger partial charge on any atom is -0.480 e. The third-order valence-electron chi connectivity index (χ3n) is 2.24. The second-order valence-electron chi connectivity index (χ2n) is 3.66. The Labute approximate surface area is 113 Å². The van der Waals surface area contributed by atoms with Crippen molar-refractivity contribution in [2.24, 2.45) is 0 Å². The highest BCUT2D eigenvalue weighted by Crippen LogP contribution is 2.04. The Morgan fingerprint density at radius 2 is 2.11 bits per heavy atom. The molecule has 1 rings (SSSR count). The fourth-order valence-corrected chi connectivity index (χ4v) is 1.87. The fourth-order valence-electron chi connectivity index (χ4n) is 1.24. The predicted octanol–water partition coefficient (Wildman–Crippen LogP) is -0.570. The molecule has 19 heavy (non-hydrogen) atoms. The molecular formula is C11H14N2O5S. The van der Waals surface area contributed by atoms with E-state index in [0.29, 0.717) is 5.56 Å². The van der Waals surface area contributed by atoms with Gasteiger partial charge in [-0.05, 0) is 11.4 Å². The van der Waals surface area contributed by atoms with Gasteiger partial charge in [0.2, 0.25) is 5.91 Å². The van der Waals surface area contributed by atoms with Crippen LogP contribution in [0.4, 0.5) is 0 Å². The minimum atomic E-state index is -1.32. The molecule has 0 saturated heterocycles. The minimum absolute atomic E-state index is 0.0559. The third kappa shape index (κ3) is 5.06. The smallest absolute Gasteiger partial charge is 0.328 e. The lowest BCUT2D eigenvalue weighted by atomic mass is 10.3. The molecule has 1 aromatic heterocycles. The molecule has 0 aliphatic carbocycles. The largest absolute Gasteiger partial charge is 0.480 e. The zero-order valence-corrected chi connectivity index (χ0v) is 10.8. The number of amides is 2. The Morgan fingerprint density at radius 1 is 1.37 bits per heavy atom. The number of carboxylic acid groups (broad SMARTS) is 1. The van der Waals surface area contributed by atoms with Crippen LogP contribution in [0.15, 0.2) is 16.8 Å². The fraction of sp³-hybridized carbons (Fsp3) is 0.364. The molecule has 0 fully saturated rings. The predicted molar refractivity (Wildman–Crippen MR) is 67.9 cm³/mol. The van der Waals surface area contributed by atoms with Gasteiger partial charge >= 0.3 is 5.97 Å². The van der Waals surface area contributed by atoms with E-state index in [9.17, 15) is 14.4 Å². The first kappa shape index (κ1) is 15.1. The van der Waals surface area contributed by atoms with Crippen molar-refractivity contribution in [3.8, 4) is 0 Å². The van der Waals surface area contributed by atoms with E-state index in [1.54, 1.807) is 16.8 Å². The van der Waals surface area contributed by atoms with Crippen molar-refractivity contribution in [1.29, 1.82) is 0 Å². The van der Waals surface area contributed by atoms with E-state index in [4.69, 9.17) is 10.2 Å². The molecule has 0 unspecified atom stereocenters. The van der Waals surface area contributed by atoms with Gasteiger partial charge in [-0.3, -0.25) is 9.59 Å². The SMILES string of the molecule is O=C(CCNC(=O)c1ccsc1)N[C@@H](CO)C(=O)O. The van der Waals surface area contributed by atoms with Crippen LogP contribution in [0.3, 0.4) is 0 Å². The van der Waals surface area contributed by atoms with Crippen molar-refractivity contribution in [2.45, 2.75) is 12.5 Å². The lowest BCUT2D eigenvalue weighted by Gasteiger charge is -2.11. The average Bonchev–Trinajstić information content (AvgIpc) is 2.89. The van der Waals surface area contributed by atoms with E-state index < -0.39 is 24.5 Å².